The third-order valence-electron chi connectivity index (χ3n) is 3.21. The minimum Gasteiger partial charge on any atom is -0.367 e. The molecule has 2 aromatic carbocycles. The van der Waals surface area contributed by atoms with Crippen LogP contribution >= 0.6 is 15.9 Å². The highest BCUT2D eigenvalue weighted by Crippen LogP contribution is 2.26. The number of hydrogen-bond donors (Lipinski definition) is 1. The molecule has 0 aliphatic carbocycles. The Hall–Kier alpha value is -1.32. The summed E-state index contributed by atoms with van der Waals surface area (Å²) in [7, 11) is 0. The zero-order valence-corrected chi connectivity index (χ0v) is 12.7. The van der Waals surface area contributed by atoms with Crippen LogP contribution in [0.3, 0.4) is 0 Å². The lowest BCUT2D eigenvalue weighted by Gasteiger charge is -2.26. The highest BCUT2D eigenvalue weighted by Gasteiger charge is 2.10. The predicted molar refractivity (Wildman–Crippen MR) is 85.2 cm³/mol. The molecule has 0 spiro atoms. The molecule has 2 aromatic rings. The molecule has 0 saturated heterocycles. The molecule has 0 aromatic heterocycles. The fourth-order valence-electron chi connectivity index (χ4n) is 2.18. The van der Waals surface area contributed by atoms with Gasteiger partial charge in [-0.2, -0.15) is 0 Å². The van der Waals surface area contributed by atoms with Gasteiger partial charge in [-0.1, -0.05) is 52.3 Å². The summed E-state index contributed by atoms with van der Waals surface area (Å²) >= 11 is 3.54. The van der Waals surface area contributed by atoms with E-state index in [0.717, 1.165) is 17.6 Å². The topological polar surface area (TPSA) is 29.3 Å². The van der Waals surface area contributed by atoms with Crippen molar-refractivity contribution < 1.29 is 0 Å². The van der Waals surface area contributed by atoms with Gasteiger partial charge in [0.1, 0.15) is 0 Å². The number of nitrogens with zero attached hydrogens (tertiary/aromatic N) is 1. The van der Waals surface area contributed by atoms with E-state index in [4.69, 9.17) is 5.73 Å². The van der Waals surface area contributed by atoms with Gasteiger partial charge >= 0.3 is 0 Å². The molecule has 0 aliphatic heterocycles. The van der Waals surface area contributed by atoms with E-state index in [2.05, 4.69) is 64.2 Å². The van der Waals surface area contributed by atoms with Gasteiger partial charge in [0, 0.05) is 29.8 Å². The van der Waals surface area contributed by atoms with Crippen LogP contribution in [0.4, 0.5) is 5.69 Å². The van der Waals surface area contributed by atoms with Crippen molar-refractivity contribution in [3.8, 4) is 0 Å². The van der Waals surface area contributed by atoms with Crippen molar-refractivity contribution in [3.05, 3.63) is 64.1 Å². The van der Waals surface area contributed by atoms with Crippen LogP contribution in [0, 0.1) is 0 Å². The molecule has 2 N–H and O–H groups in total. The highest BCUT2D eigenvalue weighted by atomic mass is 79.9. The SMILES string of the molecule is CCN(Cc1ccccc1)c1cc(Br)ccc1CN. The van der Waals surface area contributed by atoms with Crippen LogP contribution in [0.5, 0.6) is 0 Å². The third kappa shape index (κ3) is 3.58. The minimum absolute atomic E-state index is 0.563. The van der Waals surface area contributed by atoms with E-state index in [1.807, 2.05) is 12.1 Å². The molecule has 0 saturated carbocycles. The largest absolute Gasteiger partial charge is 0.367 e. The summed E-state index contributed by atoms with van der Waals surface area (Å²) in [5.74, 6) is 0. The Balaban J connectivity index is 2.29. The van der Waals surface area contributed by atoms with Gasteiger partial charge < -0.3 is 10.6 Å². The van der Waals surface area contributed by atoms with Gasteiger partial charge in [0.25, 0.3) is 0 Å². The Kier molecular flexibility index (Phi) is 5.00. The second-order valence-corrected chi connectivity index (χ2v) is 5.39. The lowest BCUT2D eigenvalue weighted by atomic mass is 10.1. The second kappa shape index (κ2) is 6.73. The van der Waals surface area contributed by atoms with Gasteiger partial charge in [0.05, 0.1) is 0 Å². The molecule has 2 rings (SSSR count). The molecule has 100 valence electrons. The Labute approximate surface area is 123 Å². The van der Waals surface area contributed by atoms with Crippen LogP contribution in [0.15, 0.2) is 53.0 Å². The first-order chi connectivity index (χ1) is 9.24. The second-order valence-electron chi connectivity index (χ2n) is 4.48. The Morgan fingerprint density at radius 2 is 1.84 bits per heavy atom. The van der Waals surface area contributed by atoms with Crippen molar-refractivity contribution in [2.75, 3.05) is 11.4 Å². The number of rotatable bonds is 5. The van der Waals surface area contributed by atoms with E-state index in [9.17, 15) is 0 Å². The van der Waals surface area contributed by atoms with E-state index in [0.29, 0.717) is 6.54 Å². The van der Waals surface area contributed by atoms with E-state index < -0.39 is 0 Å². The summed E-state index contributed by atoms with van der Waals surface area (Å²) in [6.45, 7) is 4.59. The van der Waals surface area contributed by atoms with Gasteiger partial charge in [0.15, 0.2) is 0 Å². The zero-order chi connectivity index (χ0) is 13.7. The number of benzene rings is 2. The van der Waals surface area contributed by atoms with E-state index in [1.54, 1.807) is 0 Å². The molecule has 0 fully saturated rings. The smallest absolute Gasteiger partial charge is 0.0429 e. The zero-order valence-electron chi connectivity index (χ0n) is 11.1. The van der Waals surface area contributed by atoms with Crippen molar-refractivity contribution in [2.45, 2.75) is 20.0 Å². The molecule has 0 radical (unpaired) electrons. The average molecular weight is 319 g/mol. The first-order valence-electron chi connectivity index (χ1n) is 6.52. The van der Waals surface area contributed by atoms with Crippen molar-refractivity contribution in [2.24, 2.45) is 5.73 Å². The molecule has 0 atom stereocenters. The Morgan fingerprint density at radius 1 is 1.11 bits per heavy atom. The van der Waals surface area contributed by atoms with Crippen LogP contribution in [-0.4, -0.2) is 6.54 Å². The maximum Gasteiger partial charge on any atom is 0.0429 e. The average Bonchev–Trinajstić information content (AvgIpc) is 2.46. The van der Waals surface area contributed by atoms with Crippen LogP contribution in [0.2, 0.25) is 0 Å². The van der Waals surface area contributed by atoms with Gasteiger partial charge in [-0.25, -0.2) is 0 Å². The van der Waals surface area contributed by atoms with Crippen molar-refractivity contribution in [1.29, 1.82) is 0 Å². The fourth-order valence-corrected chi connectivity index (χ4v) is 2.52. The van der Waals surface area contributed by atoms with E-state index >= 15 is 0 Å². The van der Waals surface area contributed by atoms with Crippen molar-refractivity contribution in [1.82, 2.24) is 0 Å². The minimum atomic E-state index is 0.563. The van der Waals surface area contributed by atoms with Crippen LogP contribution < -0.4 is 10.6 Å². The molecular formula is C16H19BrN2. The van der Waals surface area contributed by atoms with E-state index in [-0.39, 0.29) is 0 Å². The quantitative estimate of drug-likeness (QED) is 0.904. The normalized spacial score (nSPS) is 10.5. The fraction of sp³-hybridized carbons (Fsp3) is 0.250. The van der Waals surface area contributed by atoms with Crippen LogP contribution in [0.1, 0.15) is 18.1 Å². The Morgan fingerprint density at radius 3 is 2.47 bits per heavy atom. The monoisotopic (exact) mass is 318 g/mol. The van der Waals surface area contributed by atoms with Gasteiger partial charge in [-0.15, -0.1) is 0 Å². The molecule has 19 heavy (non-hydrogen) atoms. The number of hydrogen-bond acceptors (Lipinski definition) is 2. The molecule has 0 amide bonds. The lowest BCUT2D eigenvalue weighted by Crippen LogP contribution is -2.23. The molecule has 0 aliphatic rings. The summed E-state index contributed by atoms with van der Waals surface area (Å²) < 4.78 is 1.09. The predicted octanol–water partition coefficient (Wildman–Crippen LogP) is 3.93. The number of nitrogens with two attached hydrogens (primary N) is 1. The Bertz CT molecular complexity index is 526. The lowest BCUT2D eigenvalue weighted by molar-refractivity contribution is 0.821. The summed E-state index contributed by atoms with van der Waals surface area (Å²) in [6.07, 6.45) is 0. The standard InChI is InChI=1S/C16H19BrN2/c1-2-19(12-13-6-4-3-5-7-13)16-10-15(17)9-8-14(16)11-18/h3-10H,2,11-12,18H2,1H3. The molecule has 0 unspecified atom stereocenters. The first-order valence-corrected chi connectivity index (χ1v) is 7.31. The maximum atomic E-state index is 5.84. The van der Waals surface area contributed by atoms with Crippen LogP contribution in [-0.2, 0) is 13.1 Å². The highest BCUT2D eigenvalue weighted by molar-refractivity contribution is 9.10. The van der Waals surface area contributed by atoms with E-state index in [1.165, 1.54) is 16.8 Å². The molecule has 2 nitrogen and oxygen atoms in total. The van der Waals surface area contributed by atoms with Crippen molar-refractivity contribution >= 4 is 21.6 Å². The van der Waals surface area contributed by atoms with Gasteiger partial charge in [-0.05, 0) is 30.2 Å². The summed E-state index contributed by atoms with van der Waals surface area (Å²) in [4.78, 5) is 2.35. The number of anilines is 1. The first kappa shape index (κ1) is 14.1. The van der Waals surface area contributed by atoms with Crippen molar-refractivity contribution in [3.63, 3.8) is 0 Å². The van der Waals surface area contributed by atoms with Gasteiger partial charge in [0.2, 0.25) is 0 Å². The molecule has 3 heteroatoms. The molecule has 0 heterocycles. The molecule has 0 bridgehead atoms. The number of halogens is 1. The summed E-state index contributed by atoms with van der Waals surface area (Å²) in [5, 5.41) is 0. The summed E-state index contributed by atoms with van der Waals surface area (Å²) in [6, 6.07) is 16.8. The van der Waals surface area contributed by atoms with Gasteiger partial charge in [-0.3, -0.25) is 0 Å². The summed E-state index contributed by atoms with van der Waals surface area (Å²) in [5.41, 5.74) is 9.55. The maximum absolute atomic E-state index is 5.84. The molecular weight excluding hydrogens is 300 g/mol. The van der Waals surface area contributed by atoms with Crippen LogP contribution in [0.25, 0.3) is 0 Å². The third-order valence-corrected chi connectivity index (χ3v) is 3.70.